The number of likely N-dealkylation sites (tertiary alicyclic amines) is 1. The zero-order chi connectivity index (χ0) is 18.0. The van der Waals surface area contributed by atoms with Gasteiger partial charge >= 0.3 is 0 Å². The first-order valence-electron chi connectivity index (χ1n) is 8.39. The van der Waals surface area contributed by atoms with E-state index in [1.54, 1.807) is 23.1 Å². The molecule has 2 fully saturated rings. The van der Waals surface area contributed by atoms with Crippen LogP contribution in [0.15, 0.2) is 18.2 Å². The van der Waals surface area contributed by atoms with Crippen LogP contribution in [0.5, 0.6) is 0 Å². The second-order valence-electron chi connectivity index (χ2n) is 6.55. The minimum absolute atomic E-state index is 0.00115. The summed E-state index contributed by atoms with van der Waals surface area (Å²) in [7, 11) is 0. The van der Waals surface area contributed by atoms with E-state index in [4.69, 9.17) is 23.2 Å². The maximum atomic E-state index is 12.8. The molecule has 0 radical (unpaired) electrons. The van der Waals surface area contributed by atoms with Crippen LogP contribution < -0.4 is 10.6 Å². The highest BCUT2D eigenvalue weighted by Crippen LogP contribution is 2.24. The number of β-amino-alcohol motifs (C(OH)–C–C–N with tert-alkyl or cyclic N) is 1. The van der Waals surface area contributed by atoms with E-state index in [0.29, 0.717) is 48.2 Å². The van der Waals surface area contributed by atoms with Crippen molar-refractivity contribution in [2.75, 3.05) is 26.2 Å². The lowest BCUT2D eigenvalue weighted by Crippen LogP contribution is -2.47. The van der Waals surface area contributed by atoms with E-state index in [1.165, 1.54) is 0 Å². The fourth-order valence-electron chi connectivity index (χ4n) is 3.40. The van der Waals surface area contributed by atoms with Gasteiger partial charge in [0.2, 0.25) is 5.91 Å². The van der Waals surface area contributed by atoms with Crippen LogP contribution in [-0.2, 0) is 4.79 Å². The molecule has 0 bridgehead atoms. The van der Waals surface area contributed by atoms with Crippen LogP contribution in [0.25, 0.3) is 0 Å². The van der Waals surface area contributed by atoms with Gasteiger partial charge in [0, 0.05) is 47.7 Å². The Labute approximate surface area is 156 Å². The summed E-state index contributed by atoms with van der Waals surface area (Å²) in [6, 6.07) is 4.18. The van der Waals surface area contributed by atoms with Crippen LogP contribution in [0.2, 0.25) is 10.0 Å². The molecular weight excluding hydrogens is 365 g/mol. The summed E-state index contributed by atoms with van der Waals surface area (Å²) >= 11 is 11.9. The normalized spacial score (nSPS) is 26.0. The van der Waals surface area contributed by atoms with Crippen molar-refractivity contribution in [1.29, 1.82) is 0 Å². The predicted molar refractivity (Wildman–Crippen MR) is 95.9 cm³/mol. The monoisotopic (exact) mass is 385 g/mol. The van der Waals surface area contributed by atoms with Crippen LogP contribution in [0.1, 0.15) is 23.2 Å². The molecule has 1 aromatic carbocycles. The van der Waals surface area contributed by atoms with Crippen LogP contribution >= 0.6 is 23.2 Å². The third-order valence-corrected chi connectivity index (χ3v) is 5.20. The maximum Gasteiger partial charge on any atom is 0.254 e. The molecule has 2 aliphatic rings. The molecule has 1 aromatic rings. The fraction of sp³-hybridized carbons (Fsp3) is 0.529. The second kappa shape index (κ2) is 7.91. The Kier molecular flexibility index (Phi) is 5.84. The fourth-order valence-corrected chi connectivity index (χ4v) is 3.93. The molecule has 2 aliphatic heterocycles. The number of nitrogens with one attached hydrogen (secondary N) is 2. The van der Waals surface area contributed by atoms with Gasteiger partial charge in [0.05, 0.1) is 6.10 Å². The van der Waals surface area contributed by atoms with Crippen molar-refractivity contribution in [1.82, 2.24) is 15.5 Å². The molecule has 2 amide bonds. The maximum absolute atomic E-state index is 12.8. The van der Waals surface area contributed by atoms with Crippen molar-refractivity contribution in [2.24, 2.45) is 5.92 Å². The molecule has 0 aliphatic carbocycles. The summed E-state index contributed by atoms with van der Waals surface area (Å²) in [5.74, 6) is -0.427. The Bertz CT molecular complexity index is 650. The van der Waals surface area contributed by atoms with E-state index < -0.39 is 12.1 Å². The highest BCUT2D eigenvalue weighted by molar-refractivity contribution is 6.35. The van der Waals surface area contributed by atoms with Gasteiger partial charge in [-0.15, -0.1) is 0 Å². The molecule has 3 atom stereocenters. The second-order valence-corrected chi connectivity index (χ2v) is 7.42. The minimum atomic E-state index is -0.503. The summed E-state index contributed by atoms with van der Waals surface area (Å²) in [5, 5.41) is 16.5. The number of carbonyl (C=O) groups is 2. The van der Waals surface area contributed by atoms with Gasteiger partial charge in [0.1, 0.15) is 6.04 Å². The third kappa shape index (κ3) is 4.26. The average molecular weight is 386 g/mol. The molecule has 2 saturated heterocycles. The summed E-state index contributed by atoms with van der Waals surface area (Å²) < 4.78 is 0. The lowest BCUT2D eigenvalue weighted by molar-refractivity contribution is -0.125. The third-order valence-electron chi connectivity index (χ3n) is 4.77. The first kappa shape index (κ1) is 18.5. The zero-order valence-corrected chi connectivity index (χ0v) is 15.2. The molecule has 3 unspecified atom stereocenters. The lowest BCUT2D eigenvalue weighted by atomic mass is 10.1. The van der Waals surface area contributed by atoms with E-state index in [9.17, 15) is 14.7 Å². The number of aliphatic hydroxyl groups is 1. The van der Waals surface area contributed by atoms with Gasteiger partial charge in [-0.3, -0.25) is 9.59 Å². The number of nitrogens with zero attached hydrogens (tertiary/aromatic N) is 1. The Morgan fingerprint density at radius 3 is 2.60 bits per heavy atom. The van der Waals surface area contributed by atoms with Crippen LogP contribution in [-0.4, -0.2) is 60.1 Å². The molecule has 3 rings (SSSR count). The Balaban J connectivity index is 1.65. The Morgan fingerprint density at radius 1 is 1.24 bits per heavy atom. The van der Waals surface area contributed by atoms with E-state index >= 15 is 0 Å². The van der Waals surface area contributed by atoms with E-state index in [0.717, 1.165) is 6.42 Å². The number of hydrogen-bond donors (Lipinski definition) is 3. The first-order valence-corrected chi connectivity index (χ1v) is 9.15. The Morgan fingerprint density at radius 2 is 1.96 bits per heavy atom. The number of hydrogen-bond acceptors (Lipinski definition) is 4. The molecule has 136 valence electrons. The average Bonchev–Trinajstić information content (AvgIpc) is 3.20. The zero-order valence-electron chi connectivity index (χ0n) is 13.7. The van der Waals surface area contributed by atoms with Gasteiger partial charge in [-0.25, -0.2) is 0 Å². The summed E-state index contributed by atoms with van der Waals surface area (Å²) in [5.41, 5.74) is 0.382. The van der Waals surface area contributed by atoms with Crippen LogP contribution in [0, 0.1) is 5.92 Å². The van der Waals surface area contributed by atoms with Crippen LogP contribution in [0.4, 0.5) is 0 Å². The minimum Gasteiger partial charge on any atom is -0.391 e. The number of benzene rings is 1. The standard InChI is InChI=1S/C17H21Cl2N3O3/c18-12-4-10(5-13(19)6-12)17(25)22-3-1-2-14(22)16(24)21-8-11-7-20-9-15(11)23/h4-6,11,14-15,20,23H,1-3,7-9H2,(H,21,24). The van der Waals surface area contributed by atoms with Gasteiger partial charge < -0.3 is 20.6 Å². The van der Waals surface area contributed by atoms with Gasteiger partial charge in [-0.05, 0) is 31.0 Å². The summed E-state index contributed by atoms with van der Waals surface area (Å²) in [4.78, 5) is 26.9. The number of halogens is 2. The number of amides is 2. The topological polar surface area (TPSA) is 81.7 Å². The Hall–Kier alpha value is -1.34. The van der Waals surface area contributed by atoms with Gasteiger partial charge in [-0.2, -0.15) is 0 Å². The number of rotatable bonds is 4. The van der Waals surface area contributed by atoms with Gasteiger partial charge in [-0.1, -0.05) is 23.2 Å². The molecular formula is C17H21Cl2N3O3. The van der Waals surface area contributed by atoms with Crippen LogP contribution in [0.3, 0.4) is 0 Å². The van der Waals surface area contributed by atoms with Crippen molar-refractivity contribution in [3.8, 4) is 0 Å². The van der Waals surface area contributed by atoms with Crippen molar-refractivity contribution in [3.63, 3.8) is 0 Å². The molecule has 0 saturated carbocycles. The summed E-state index contributed by atoms with van der Waals surface area (Å²) in [6.45, 7) is 2.14. The number of carbonyl (C=O) groups excluding carboxylic acids is 2. The first-order chi connectivity index (χ1) is 12.0. The molecule has 0 aromatic heterocycles. The molecule has 0 spiro atoms. The van der Waals surface area contributed by atoms with Crippen molar-refractivity contribution in [3.05, 3.63) is 33.8 Å². The molecule has 2 heterocycles. The lowest BCUT2D eigenvalue weighted by Gasteiger charge is -2.25. The SMILES string of the molecule is O=C(NCC1CNCC1O)C1CCCN1C(=O)c1cc(Cl)cc(Cl)c1. The highest BCUT2D eigenvalue weighted by atomic mass is 35.5. The highest BCUT2D eigenvalue weighted by Gasteiger charge is 2.35. The predicted octanol–water partition coefficient (Wildman–Crippen LogP) is 1.29. The molecule has 6 nitrogen and oxygen atoms in total. The van der Waals surface area contributed by atoms with Crippen molar-refractivity contribution < 1.29 is 14.7 Å². The van der Waals surface area contributed by atoms with Crippen molar-refractivity contribution in [2.45, 2.75) is 25.0 Å². The molecule has 3 N–H and O–H groups in total. The molecule has 25 heavy (non-hydrogen) atoms. The van der Waals surface area contributed by atoms with Gasteiger partial charge in [0.15, 0.2) is 0 Å². The van der Waals surface area contributed by atoms with E-state index in [-0.39, 0.29) is 17.7 Å². The van der Waals surface area contributed by atoms with E-state index in [2.05, 4.69) is 10.6 Å². The smallest absolute Gasteiger partial charge is 0.254 e. The van der Waals surface area contributed by atoms with E-state index in [1.807, 2.05) is 0 Å². The summed E-state index contributed by atoms with van der Waals surface area (Å²) in [6.07, 6.45) is 0.943. The number of aliphatic hydroxyl groups excluding tert-OH is 1. The largest absolute Gasteiger partial charge is 0.391 e. The quantitative estimate of drug-likeness (QED) is 0.729. The van der Waals surface area contributed by atoms with Crippen molar-refractivity contribution >= 4 is 35.0 Å². The molecule has 8 heteroatoms. The van der Waals surface area contributed by atoms with Gasteiger partial charge in [0.25, 0.3) is 5.91 Å².